The Kier molecular flexibility index (Phi) is 2.70. The first-order valence-electron chi connectivity index (χ1n) is 4.41. The first-order valence-corrected chi connectivity index (χ1v) is 6.09. The van der Waals surface area contributed by atoms with E-state index in [1.165, 1.54) is 0 Å². The van der Waals surface area contributed by atoms with Crippen molar-refractivity contribution >= 4 is 43.6 Å². The van der Waals surface area contributed by atoms with E-state index >= 15 is 0 Å². The Bertz CT molecular complexity index is 487. The zero-order valence-electron chi connectivity index (χ0n) is 7.71. The Morgan fingerprint density at radius 2 is 2.29 bits per heavy atom. The molecule has 1 heterocycles. The number of benzene rings is 1. The zero-order chi connectivity index (χ0) is 10.1. The summed E-state index contributed by atoms with van der Waals surface area (Å²) in [5.41, 5.74) is 1.95. The Labute approximate surface area is 94.9 Å². The molecule has 2 rings (SSSR count). The fraction of sp³-hybridized carbons (Fsp3) is 0.182. The van der Waals surface area contributed by atoms with E-state index in [1.54, 1.807) is 11.3 Å². The lowest BCUT2D eigenvalue weighted by Crippen LogP contribution is -1.90. The molecule has 0 N–H and O–H groups in total. The highest BCUT2D eigenvalue weighted by Gasteiger charge is 2.09. The minimum Gasteiger partial charge on any atom is -0.298 e. The van der Waals surface area contributed by atoms with Crippen LogP contribution in [-0.2, 0) is 6.42 Å². The summed E-state index contributed by atoms with van der Waals surface area (Å²) in [7, 11) is 0. The van der Waals surface area contributed by atoms with Crippen LogP contribution in [0.15, 0.2) is 22.0 Å². The second-order valence-corrected chi connectivity index (χ2v) is 4.83. The maximum absolute atomic E-state index is 11.0. The summed E-state index contributed by atoms with van der Waals surface area (Å²) in [5.74, 6) is 0. The fourth-order valence-electron chi connectivity index (χ4n) is 1.60. The number of thiophene rings is 1. The van der Waals surface area contributed by atoms with Crippen LogP contribution in [0, 0.1) is 0 Å². The molecule has 0 aliphatic rings. The summed E-state index contributed by atoms with van der Waals surface area (Å²) < 4.78 is 2.19. The number of carbonyl (C=O) groups is 1. The maximum Gasteiger partial charge on any atom is 0.151 e. The van der Waals surface area contributed by atoms with Gasteiger partial charge in [-0.05, 0) is 34.0 Å². The second kappa shape index (κ2) is 3.83. The van der Waals surface area contributed by atoms with E-state index in [4.69, 9.17) is 0 Å². The average Bonchev–Trinajstić information content (AvgIpc) is 2.59. The van der Waals surface area contributed by atoms with E-state index in [2.05, 4.69) is 28.9 Å². The van der Waals surface area contributed by atoms with Gasteiger partial charge in [0.05, 0.1) is 0 Å². The molecule has 72 valence electrons. The standard InChI is InChI=1S/C11H9BrOS/c1-2-7-3-4-10-11(8(7)5-13)9(12)6-14-10/h3-6H,2H2,1H3. The quantitative estimate of drug-likeness (QED) is 0.752. The van der Waals surface area contributed by atoms with Crippen molar-refractivity contribution in [2.75, 3.05) is 0 Å². The van der Waals surface area contributed by atoms with E-state index in [0.29, 0.717) is 0 Å². The number of halogens is 1. The summed E-state index contributed by atoms with van der Waals surface area (Å²) in [6.45, 7) is 2.06. The van der Waals surface area contributed by atoms with Gasteiger partial charge in [-0.1, -0.05) is 13.0 Å². The van der Waals surface area contributed by atoms with E-state index in [-0.39, 0.29) is 0 Å². The molecular weight excluding hydrogens is 260 g/mol. The van der Waals surface area contributed by atoms with Gasteiger partial charge in [0.15, 0.2) is 6.29 Å². The summed E-state index contributed by atoms with van der Waals surface area (Å²) >= 11 is 5.13. The van der Waals surface area contributed by atoms with Crippen molar-refractivity contribution in [3.05, 3.63) is 33.1 Å². The third-order valence-corrected chi connectivity index (χ3v) is 4.20. The topological polar surface area (TPSA) is 17.1 Å². The van der Waals surface area contributed by atoms with Crippen molar-refractivity contribution in [3.63, 3.8) is 0 Å². The molecule has 2 aromatic rings. The largest absolute Gasteiger partial charge is 0.298 e. The predicted molar refractivity (Wildman–Crippen MR) is 64.3 cm³/mol. The van der Waals surface area contributed by atoms with Crippen LogP contribution in [-0.4, -0.2) is 6.29 Å². The molecule has 0 atom stereocenters. The minimum absolute atomic E-state index is 0.832. The van der Waals surface area contributed by atoms with Crippen molar-refractivity contribution in [3.8, 4) is 0 Å². The molecule has 0 unspecified atom stereocenters. The Morgan fingerprint density at radius 3 is 2.93 bits per heavy atom. The van der Waals surface area contributed by atoms with Crippen LogP contribution in [0.5, 0.6) is 0 Å². The minimum atomic E-state index is 0.832. The lowest BCUT2D eigenvalue weighted by Gasteiger charge is -2.03. The van der Waals surface area contributed by atoms with Crippen molar-refractivity contribution in [1.29, 1.82) is 0 Å². The molecule has 14 heavy (non-hydrogen) atoms. The number of aldehydes is 1. The van der Waals surface area contributed by atoms with Crippen LogP contribution >= 0.6 is 27.3 Å². The molecule has 1 aromatic heterocycles. The van der Waals surface area contributed by atoms with Crippen LogP contribution in [0.1, 0.15) is 22.8 Å². The van der Waals surface area contributed by atoms with Crippen molar-refractivity contribution < 1.29 is 4.79 Å². The number of aryl methyl sites for hydroxylation is 1. The highest BCUT2D eigenvalue weighted by molar-refractivity contribution is 9.10. The molecule has 0 spiro atoms. The lowest BCUT2D eigenvalue weighted by molar-refractivity contribution is 0.112. The predicted octanol–water partition coefficient (Wildman–Crippen LogP) is 4.04. The van der Waals surface area contributed by atoms with Crippen LogP contribution < -0.4 is 0 Å². The molecular formula is C11H9BrOS. The van der Waals surface area contributed by atoms with E-state index in [9.17, 15) is 4.79 Å². The zero-order valence-corrected chi connectivity index (χ0v) is 10.1. The first-order chi connectivity index (χ1) is 6.77. The van der Waals surface area contributed by atoms with Crippen molar-refractivity contribution in [2.24, 2.45) is 0 Å². The summed E-state index contributed by atoms with van der Waals surface area (Å²) in [5, 5.41) is 3.08. The highest BCUT2D eigenvalue weighted by Crippen LogP contribution is 2.33. The number of hydrogen-bond acceptors (Lipinski definition) is 2. The van der Waals surface area contributed by atoms with Gasteiger partial charge in [-0.3, -0.25) is 4.79 Å². The molecule has 0 saturated carbocycles. The average molecular weight is 269 g/mol. The smallest absolute Gasteiger partial charge is 0.151 e. The van der Waals surface area contributed by atoms with Gasteiger partial charge < -0.3 is 0 Å². The van der Waals surface area contributed by atoms with Gasteiger partial charge in [-0.15, -0.1) is 11.3 Å². The molecule has 0 saturated heterocycles. The molecule has 1 nitrogen and oxygen atoms in total. The number of hydrogen-bond donors (Lipinski definition) is 0. The van der Waals surface area contributed by atoms with Gasteiger partial charge in [0.25, 0.3) is 0 Å². The lowest BCUT2D eigenvalue weighted by atomic mass is 10.0. The molecule has 0 bridgehead atoms. The summed E-state index contributed by atoms with van der Waals surface area (Å²) in [4.78, 5) is 11.0. The Balaban J connectivity index is 2.87. The van der Waals surface area contributed by atoms with Crippen LogP contribution in [0.25, 0.3) is 10.1 Å². The van der Waals surface area contributed by atoms with E-state index in [0.717, 1.165) is 38.4 Å². The van der Waals surface area contributed by atoms with Crippen LogP contribution in [0.3, 0.4) is 0 Å². The number of carbonyl (C=O) groups excluding carboxylic acids is 1. The third-order valence-electron chi connectivity index (χ3n) is 2.32. The van der Waals surface area contributed by atoms with Gasteiger partial charge in [-0.2, -0.15) is 0 Å². The molecule has 3 heteroatoms. The molecule has 0 aliphatic carbocycles. The highest BCUT2D eigenvalue weighted by atomic mass is 79.9. The molecule has 0 fully saturated rings. The summed E-state index contributed by atoms with van der Waals surface area (Å²) in [6.07, 6.45) is 1.85. The molecule has 0 amide bonds. The molecule has 0 aliphatic heterocycles. The van der Waals surface area contributed by atoms with Crippen molar-refractivity contribution in [2.45, 2.75) is 13.3 Å². The maximum atomic E-state index is 11.0. The van der Waals surface area contributed by atoms with Crippen LogP contribution in [0.4, 0.5) is 0 Å². The van der Waals surface area contributed by atoms with Gasteiger partial charge >= 0.3 is 0 Å². The Morgan fingerprint density at radius 1 is 1.50 bits per heavy atom. The second-order valence-electron chi connectivity index (χ2n) is 3.07. The van der Waals surface area contributed by atoms with Gasteiger partial charge in [0.2, 0.25) is 0 Å². The van der Waals surface area contributed by atoms with E-state index < -0.39 is 0 Å². The van der Waals surface area contributed by atoms with Crippen LogP contribution in [0.2, 0.25) is 0 Å². The molecule has 0 radical (unpaired) electrons. The third kappa shape index (κ3) is 1.41. The van der Waals surface area contributed by atoms with E-state index in [1.807, 2.05) is 11.4 Å². The number of rotatable bonds is 2. The monoisotopic (exact) mass is 268 g/mol. The van der Waals surface area contributed by atoms with Gasteiger partial charge in [0.1, 0.15) is 0 Å². The first kappa shape index (κ1) is 9.87. The normalized spacial score (nSPS) is 10.7. The molecule has 1 aromatic carbocycles. The Hall–Kier alpha value is -0.670. The SMILES string of the molecule is CCc1ccc2scc(Br)c2c1C=O. The van der Waals surface area contributed by atoms with Gasteiger partial charge in [-0.25, -0.2) is 0 Å². The van der Waals surface area contributed by atoms with Crippen molar-refractivity contribution in [1.82, 2.24) is 0 Å². The number of fused-ring (bicyclic) bond motifs is 1. The van der Waals surface area contributed by atoms with Gasteiger partial charge in [0, 0.05) is 25.5 Å². The summed E-state index contributed by atoms with van der Waals surface area (Å²) in [6, 6.07) is 4.12. The fourth-order valence-corrected chi connectivity index (χ4v) is 3.28.